The Kier molecular flexibility index (Phi) is 4.97. The first-order valence-electron chi connectivity index (χ1n) is 6.10. The van der Waals surface area contributed by atoms with Gasteiger partial charge in [0.1, 0.15) is 5.60 Å². The van der Waals surface area contributed by atoms with E-state index in [9.17, 15) is 5.11 Å². The van der Waals surface area contributed by atoms with Crippen LogP contribution in [0.25, 0.3) is 0 Å². The summed E-state index contributed by atoms with van der Waals surface area (Å²) in [5.74, 6) is 0.194. The molecule has 90 valence electrons. The molecule has 0 aliphatic carbocycles. The lowest BCUT2D eigenvalue weighted by Gasteiger charge is -2.33. The number of aliphatic hydroxyl groups is 1. The van der Waals surface area contributed by atoms with E-state index in [4.69, 9.17) is 0 Å². The van der Waals surface area contributed by atoms with Gasteiger partial charge in [-0.05, 0) is 24.4 Å². The van der Waals surface area contributed by atoms with Crippen molar-refractivity contribution < 1.29 is 5.11 Å². The molecule has 1 unspecified atom stereocenters. The summed E-state index contributed by atoms with van der Waals surface area (Å²) in [6.45, 7) is 7.80. The molecule has 0 saturated heterocycles. The molecule has 1 atom stereocenters. The van der Waals surface area contributed by atoms with Crippen LogP contribution < -0.4 is 5.32 Å². The van der Waals surface area contributed by atoms with E-state index < -0.39 is 5.60 Å². The molecule has 0 heterocycles. The molecule has 1 aromatic carbocycles. The van der Waals surface area contributed by atoms with E-state index in [0.29, 0.717) is 6.54 Å². The van der Waals surface area contributed by atoms with Crippen LogP contribution in [0.1, 0.15) is 32.8 Å². The van der Waals surface area contributed by atoms with Crippen LogP contribution in [-0.2, 0) is 5.60 Å². The number of benzene rings is 1. The maximum Gasteiger partial charge on any atom is 0.104 e. The standard InChI is InChI=1S/C14H23NO/c1-4-10-15-11-14(16,12(2)3)13-8-6-5-7-9-13/h5-9,12,15-16H,4,10-11H2,1-3H3. The molecule has 0 aromatic heterocycles. The van der Waals surface area contributed by atoms with E-state index in [0.717, 1.165) is 18.5 Å². The molecule has 0 aliphatic rings. The maximum atomic E-state index is 10.7. The molecule has 1 aromatic rings. The molecule has 16 heavy (non-hydrogen) atoms. The molecule has 0 saturated carbocycles. The molecule has 0 aliphatic heterocycles. The highest BCUT2D eigenvalue weighted by atomic mass is 16.3. The minimum absolute atomic E-state index is 0.194. The Balaban J connectivity index is 2.80. The first-order valence-corrected chi connectivity index (χ1v) is 6.10. The molecule has 0 amide bonds. The molecule has 0 spiro atoms. The van der Waals surface area contributed by atoms with Crippen LogP contribution in [0.3, 0.4) is 0 Å². The predicted octanol–water partition coefficient (Wildman–Crippen LogP) is 2.53. The normalized spacial score (nSPS) is 15.1. The van der Waals surface area contributed by atoms with E-state index in [1.807, 2.05) is 30.3 Å². The summed E-state index contributed by atoms with van der Waals surface area (Å²) in [6, 6.07) is 9.91. The molecule has 1 rings (SSSR count). The van der Waals surface area contributed by atoms with E-state index in [-0.39, 0.29) is 5.92 Å². The van der Waals surface area contributed by atoms with Crippen molar-refractivity contribution in [3.8, 4) is 0 Å². The largest absolute Gasteiger partial charge is 0.384 e. The van der Waals surface area contributed by atoms with E-state index >= 15 is 0 Å². The van der Waals surface area contributed by atoms with Gasteiger partial charge in [-0.1, -0.05) is 51.1 Å². The summed E-state index contributed by atoms with van der Waals surface area (Å²) in [7, 11) is 0. The first kappa shape index (κ1) is 13.2. The van der Waals surface area contributed by atoms with E-state index in [1.54, 1.807) is 0 Å². The van der Waals surface area contributed by atoms with Crippen LogP contribution in [-0.4, -0.2) is 18.2 Å². The number of rotatable bonds is 6. The highest BCUT2D eigenvalue weighted by Crippen LogP contribution is 2.28. The number of hydrogen-bond acceptors (Lipinski definition) is 2. The molecule has 0 fully saturated rings. The van der Waals surface area contributed by atoms with Gasteiger partial charge in [0.25, 0.3) is 0 Å². The van der Waals surface area contributed by atoms with Gasteiger partial charge in [-0.25, -0.2) is 0 Å². The van der Waals surface area contributed by atoms with Crippen LogP contribution in [0.4, 0.5) is 0 Å². The zero-order valence-corrected chi connectivity index (χ0v) is 10.5. The second kappa shape index (κ2) is 6.02. The Hall–Kier alpha value is -0.860. The second-order valence-corrected chi connectivity index (χ2v) is 4.62. The van der Waals surface area contributed by atoms with Crippen molar-refractivity contribution in [2.24, 2.45) is 5.92 Å². The van der Waals surface area contributed by atoms with Crippen molar-refractivity contribution >= 4 is 0 Å². The van der Waals surface area contributed by atoms with Crippen LogP contribution in [0.2, 0.25) is 0 Å². The third kappa shape index (κ3) is 3.06. The first-order chi connectivity index (χ1) is 7.61. The van der Waals surface area contributed by atoms with Gasteiger partial charge in [-0.15, -0.1) is 0 Å². The third-order valence-electron chi connectivity index (χ3n) is 3.05. The molecular weight excluding hydrogens is 198 g/mol. The van der Waals surface area contributed by atoms with Gasteiger partial charge in [-0.3, -0.25) is 0 Å². The summed E-state index contributed by atoms with van der Waals surface area (Å²) in [6.07, 6.45) is 1.09. The molecule has 0 bridgehead atoms. The molecule has 2 heteroatoms. The fourth-order valence-electron chi connectivity index (χ4n) is 1.82. The predicted molar refractivity (Wildman–Crippen MR) is 68.3 cm³/mol. The van der Waals surface area contributed by atoms with Crippen molar-refractivity contribution in [2.75, 3.05) is 13.1 Å². The van der Waals surface area contributed by atoms with Gasteiger partial charge in [0.15, 0.2) is 0 Å². The lowest BCUT2D eigenvalue weighted by atomic mass is 9.83. The third-order valence-corrected chi connectivity index (χ3v) is 3.05. The molecule has 2 N–H and O–H groups in total. The second-order valence-electron chi connectivity index (χ2n) is 4.62. The lowest BCUT2D eigenvalue weighted by molar-refractivity contribution is -0.00903. The van der Waals surface area contributed by atoms with Crippen LogP contribution in [0.15, 0.2) is 30.3 Å². The summed E-state index contributed by atoms with van der Waals surface area (Å²) >= 11 is 0. The van der Waals surface area contributed by atoms with E-state index in [2.05, 4.69) is 26.1 Å². The van der Waals surface area contributed by atoms with Gasteiger partial charge < -0.3 is 10.4 Å². The number of hydrogen-bond donors (Lipinski definition) is 2. The van der Waals surface area contributed by atoms with Crippen LogP contribution >= 0.6 is 0 Å². The summed E-state index contributed by atoms with van der Waals surface area (Å²) in [4.78, 5) is 0. The highest BCUT2D eigenvalue weighted by Gasteiger charge is 2.32. The Bertz CT molecular complexity index is 297. The van der Waals surface area contributed by atoms with Gasteiger partial charge in [0, 0.05) is 6.54 Å². The Labute approximate surface area is 98.7 Å². The van der Waals surface area contributed by atoms with Crippen molar-refractivity contribution in [3.05, 3.63) is 35.9 Å². The number of nitrogens with one attached hydrogen (secondary N) is 1. The molecule has 0 radical (unpaired) electrons. The van der Waals surface area contributed by atoms with Crippen molar-refractivity contribution in [2.45, 2.75) is 32.8 Å². The SMILES string of the molecule is CCCNCC(O)(c1ccccc1)C(C)C. The topological polar surface area (TPSA) is 32.3 Å². The van der Waals surface area contributed by atoms with Crippen LogP contribution in [0.5, 0.6) is 0 Å². The zero-order valence-electron chi connectivity index (χ0n) is 10.5. The fraction of sp³-hybridized carbons (Fsp3) is 0.571. The smallest absolute Gasteiger partial charge is 0.104 e. The van der Waals surface area contributed by atoms with Gasteiger partial charge in [-0.2, -0.15) is 0 Å². The van der Waals surface area contributed by atoms with Gasteiger partial charge in [0.2, 0.25) is 0 Å². The van der Waals surface area contributed by atoms with Crippen LogP contribution in [0, 0.1) is 5.92 Å². The van der Waals surface area contributed by atoms with Gasteiger partial charge >= 0.3 is 0 Å². The highest BCUT2D eigenvalue weighted by molar-refractivity contribution is 5.23. The molecule has 2 nitrogen and oxygen atoms in total. The average molecular weight is 221 g/mol. The minimum atomic E-state index is -0.767. The quantitative estimate of drug-likeness (QED) is 0.723. The van der Waals surface area contributed by atoms with Crippen molar-refractivity contribution in [1.82, 2.24) is 5.32 Å². The maximum absolute atomic E-state index is 10.7. The van der Waals surface area contributed by atoms with Gasteiger partial charge in [0.05, 0.1) is 0 Å². The summed E-state index contributed by atoms with van der Waals surface area (Å²) in [5, 5.41) is 14.0. The fourth-order valence-corrected chi connectivity index (χ4v) is 1.82. The monoisotopic (exact) mass is 221 g/mol. The Morgan fingerprint density at radius 1 is 1.25 bits per heavy atom. The van der Waals surface area contributed by atoms with Crippen molar-refractivity contribution in [3.63, 3.8) is 0 Å². The lowest BCUT2D eigenvalue weighted by Crippen LogP contribution is -2.42. The zero-order chi connectivity index (χ0) is 12.0. The minimum Gasteiger partial charge on any atom is -0.384 e. The summed E-state index contributed by atoms with van der Waals surface area (Å²) in [5.41, 5.74) is 0.227. The Morgan fingerprint density at radius 3 is 2.38 bits per heavy atom. The van der Waals surface area contributed by atoms with E-state index in [1.165, 1.54) is 0 Å². The Morgan fingerprint density at radius 2 is 1.88 bits per heavy atom. The summed E-state index contributed by atoms with van der Waals surface area (Å²) < 4.78 is 0. The molecular formula is C14H23NO. The average Bonchev–Trinajstić information content (AvgIpc) is 2.30. The van der Waals surface area contributed by atoms with Crippen molar-refractivity contribution in [1.29, 1.82) is 0 Å².